The maximum Gasteiger partial charge on any atom is 0.291 e. The SMILES string of the molecule is CCN(CC)Cc1cccc(CNC(=O)c2ccc(NC(=O)c3ccco3)cc2)c1. The number of furan rings is 1. The lowest BCUT2D eigenvalue weighted by Gasteiger charge is -2.18. The lowest BCUT2D eigenvalue weighted by Crippen LogP contribution is -2.24. The van der Waals surface area contributed by atoms with E-state index in [1.807, 2.05) is 12.1 Å². The molecular formula is C24H27N3O3. The molecule has 0 aliphatic heterocycles. The number of carbonyl (C=O) groups excluding carboxylic acids is 2. The first-order chi connectivity index (χ1) is 14.6. The molecule has 0 spiro atoms. The van der Waals surface area contributed by atoms with Crippen molar-refractivity contribution in [3.8, 4) is 0 Å². The summed E-state index contributed by atoms with van der Waals surface area (Å²) in [6.45, 7) is 7.69. The highest BCUT2D eigenvalue weighted by molar-refractivity contribution is 6.02. The number of amides is 2. The van der Waals surface area contributed by atoms with Crippen LogP contribution in [-0.4, -0.2) is 29.8 Å². The first kappa shape index (κ1) is 21.3. The minimum Gasteiger partial charge on any atom is -0.459 e. The zero-order valence-electron chi connectivity index (χ0n) is 17.4. The normalized spacial score (nSPS) is 10.8. The number of rotatable bonds is 9. The molecule has 156 valence electrons. The van der Waals surface area contributed by atoms with Crippen LogP contribution in [0.3, 0.4) is 0 Å². The number of hydrogen-bond donors (Lipinski definition) is 2. The van der Waals surface area contributed by atoms with Crippen molar-refractivity contribution in [2.24, 2.45) is 0 Å². The van der Waals surface area contributed by atoms with Gasteiger partial charge in [-0.3, -0.25) is 14.5 Å². The molecule has 2 N–H and O–H groups in total. The quantitative estimate of drug-likeness (QED) is 0.556. The molecule has 0 saturated heterocycles. The van der Waals surface area contributed by atoms with Crippen molar-refractivity contribution in [1.82, 2.24) is 10.2 Å². The zero-order valence-corrected chi connectivity index (χ0v) is 17.4. The van der Waals surface area contributed by atoms with Crippen molar-refractivity contribution in [2.75, 3.05) is 18.4 Å². The first-order valence-electron chi connectivity index (χ1n) is 10.1. The number of benzene rings is 2. The van der Waals surface area contributed by atoms with E-state index >= 15 is 0 Å². The molecule has 0 bridgehead atoms. The fourth-order valence-corrected chi connectivity index (χ4v) is 3.13. The molecule has 1 aromatic heterocycles. The van der Waals surface area contributed by atoms with Gasteiger partial charge in [0.15, 0.2) is 5.76 Å². The van der Waals surface area contributed by atoms with Crippen LogP contribution in [-0.2, 0) is 13.1 Å². The molecule has 2 aromatic carbocycles. The van der Waals surface area contributed by atoms with Crippen molar-refractivity contribution in [1.29, 1.82) is 0 Å². The Morgan fingerprint density at radius 2 is 1.63 bits per heavy atom. The molecule has 0 unspecified atom stereocenters. The van der Waals surface area contributed by atoms with Gasteiger partial charge in [-0.25, -0.2) is 0 Å². The van der Waals surface area contributed by atoms with Crippen LogP contribution in [0.15, 0.2) is 71.3 Å². The molecule has 2 amide bonds. The van der Waals surface area contributed by atoms with E-state index in [4.69, 9.17) is 4.42 Å². The number of anilines is 1. The molecule has 6 heteroatoms. The predicted octanol–water partition coefficient (Wildman–Crippen LogP) is 4.30. The minimum atomic E-state index is -0.332. The van der Waals surface area contributed by atoms with Crippen LogP contribution in [0.25, 0.3) is 0 Å². The Bertz CT molecular complexity index is 962. The Labute approximate surface area is 176 Å². The minimum absolute atomic E-state index is 0.159. The van der Waals surface area contributed by atoms with Crippen molar-refractivity contribution in [2.45, 2.75) is 26.9 Å². The van der Waals surface area contributed by atoms with Gasteiger partial charge in [0.05, 0.1) is 6.26 Å². The Hall–Kier alpha value is -3.38. The van der Waals surface area contributed by atoms with Gasteiger partial charge in [0, 0.05) is 24.3 Å². The standard InChI is InChI=1S/C24H27N3O3/c1-3-27(4-2)17-19-8-5-7-18(15-19)16-25-23(28)20-10-12-21(13-11-20)26-24(29)22-9-6-14-30-22/h5-15H,3-4,16-17H2,1-2H3,(H,25,28)(H,26,29). The van der Waals surface area contributed by atoms with E-state index in [0.717, 1.165) is 25.2 Å². The van der Waals surface area contributed by atoms with E-state index in [1.165, 1.54) is 11.8 Å². The Kier molecular flexibility index (Phi) is 7.40. The summed E-state index contributed by atoms with van der Waals surface area (Å²) in [4.78, 5) is 26.8. The van der Waals surface area contributed by atoms with Crippen LogP contribution in [0.5, 0.6) is 0 Å². The van der Waals surface area contributed by atoms with Gasteiger partial charge in [-0.2, -0.15) is 0 Å². The molecule has 1 heterocycles. The molecule has 0 aliphatic carbocycles. The van der Waals surface area contributed by atoms with Crippen LogP contribution in [0, 0.1) is 0 Å². The van der Waals surface area contributed by atoms with Crippen LogP contribution >= 0.6 is 0 Å². The average molecular weight is 405 g/mol. The van der Waals surface area contributed by atoms with Crippen LogP contribution in [0.4, 0.5) is 5.69 Å². The molecular weight excluding hydrogens is 378 g/mol. The van der Waals surface area contributed by atoms with Gasteiger partial charge < -0.3 is 15.1 Å². The fourth-order valence-electron chi connectivity index (χ4n) is 3.13. The third-order valence-corrected chi connectivity index (χ3v) is 4.89. The topological polar surface area (TPSA) is 74.6 Å². The van der Waals surface area contributed by atoms with E-state index in [9.17, 15) is 9.59 Å². The lowest BCUT2D eigenvalue weighted by atomic mass is 10.1. The molecule has 0 aliphatic rings. The molecule has 6 nitrogen and oxygen atoms in total. The van der Waals surface area contributed by atoms with Gasteiger partial charge in [-0.1, -0.05) is 38.1 Å². The number of carbonyl (C=O) groups is 2. The highest BCUT2D eigenvalue weighted by atomic mass is 16.3. The van der Waals surface area contributed by atoms with Crippen LogP contribution in [0.1, 0.15) is 45.9 Å². The van der Waals surface area contributed by atoms with Crippen molar-refractivity contribution < 1.29 is 14.0 Å². The fraction of sp³-hybridized carbons (Fsp3) is 0.250. The van der Waals surface area contributed by atoms with Gasteiger partial charge in [0.25, 0.3) is 11.8 Å². The molecule has 3 aromatic rings. The number of nitrogens with one attached hydrogen (secondary N) is 2. The lowest BCUT2D eigenvalue weighted by molar-refractivity contribution is 0.0950. The van der Waals surface area contributed by atoms with Gasteiger partial charge in [0.2, 0.25) is 0 Å². The molecule has 3 rings (SSSR count). The van der Waals surface area contributed by atoms with Crippen LogP contribution < -0.4 is 10.6 Å². The monoisotopic (exact) mass is 405 g/mol. The molecule has 0 saturated carbocycles. The summed E-state index contributed by atoms with van der Waals surface area (Å²) in [5.74, 6) is -0.255. The summed E-state index contributed by atoms with van der Waals surface area (Å²) < 4.78 is 5.07. The third-order valence-electron chi connectivity index (χ3n) is 4.89. The van der Waals surface area contributed by atoms with Gasteiger partial charge in [-0.15, -0.1) is 0 Å². The van der Waals surface area contributed by atoms with E-state index < -0.39 is 0 Å². The zero-order chi connectivity index (χ0) is 21.3. The van der Waals surface area contributed by atoms with E-state index in [2.05, 4.69) is 41.5 Å². The average Bonchev–Trinajstić information content (AvgIpc) is 3.32. The first-order valence-corrected chi connectivity index (χ1v) is 10.1. The van der Waals surface area contributed by atoms with Gasteiger partial charge in [0.1, 0.15) is 0 Å². The highest BCUT2D eigenvalue weighted by Gasteiger charge is 2.10. The van der Waals surface area contributed by atoms with E-state index in [1.54, 1.807) is 36.4 Å². The smallest absolute Gasteiger partial charge is 0.291 e. The van der Waals surface area contributed by atoms with Gasteiger partial charge in [-0.05, 0) is 60.6 Å². The summed E-state index contributed by atoms with van der Waals surface area (Å²) in [5, 5.41) is 5.68. The van der Waals surface area contributed by atoms with E-state index in [0.29, 0.717) is 17.8 Å². The summed E-state index contributed by atoms with van der Waals surface area (Å²) in [7, 11) is 0. The Morgan fingerprint density at radius 3 is 2.30 bits per heavy atom. The molecule has 0 atom stereocenters. The second-order valence-corrected chi connectivity index (χ2v) is 6.97. The third kappa shape index (κ3) is 5.81. The Balaban J connectivity index is 1.54. The largest absolute Gasteiger partial charge is 0.459 e. The number of hydrogen-bond acceptors (Lipinski definition) is 4. The van der Waals surface area contributed by atoms with Crippen LogP contribution in [0.2, 0.25) is 0 Å². The molecule has 30 heavy (non-hydrogen) atoms. The van der Waals surface area contributed by atoms with Gasteiger partial charge >= 0.3 is 0 Å². The molecule has 0 fully saturated rings. The second kappa shape index (κ2) is 10.4. The second-order valence-electron chi connectivity index (χ2n) is 6.97. The number of nitrogens with zero attached hydrogens (tertiary/aromatic N) is 1. The van der Waals surface area contributed by atoms with Crippen molar-refractivity contribution in [3.05, 3.63) is 89.4 Å². The highest BCUT2D eigenvalue weighted by Crippen LogP contribution is 2.13. The van der Waals surface area contributed by atoms with Crippen molar-refractivity contribution >= 4 is 17.5 Å². The summed E-state index contributed by atoms with van der Waals surface area (Å²) in [6.07, 6.45) is 1.45. The Morgan fingerprint density at radius 1 is 0.900 bits per heavy atom. The van der Waals surface area contributed by atoms with Crippen molar-refractivity contribution in [3.63, 3.8) is 0 Å². The maximum atomic E-state index is 12.5. The maximum absolute atomic E-state index is 12.5. The summed E-state index contributed by atoms with van der Waals surface area (Å²) >= 11 is 0. The molecule has 0 radical (unpaired) electrons. The predicted molar refractivity (Wildman–Crippen MR) is 117 cm³/mol. The summed E-state index contributed by atoms with van der Waals surface area (Å²) in [5.41, 5.74) is 3.43. The summed E-state index contributed by atoms with van der Waals surface area (Å²) in [6, 6.07) is 18.3. The van der Waals surface area contributed by atoms with E-state index in [-0.39, 0.29) is 17.6 Å².